The van der Waals surface area contributed by atoms with Gasteiger partial charge in [0.25, 0.3) is 0 Å². The average molecular weight is 239 g/mol. The van der Waals surface area contributed by atoms with Gasteiger partial charge in [-0.1, -0.05) is 42.5 Å². The number of benzene rings is 2. The second-order valence-corrected chi connectivity index (χ2v) is 3.97. The highest BCUT2D eigenvalue weighted by atomic mass is 16.5. The fraction of sp³-hybridized carbons (Fsp3) is 0.125. The largest absolute Gasteiger partial charge is 0.489 e. The third kappa shape index (κ3) is 3.67. The lowest BCUT2D eigenvalue weighted by atomic mass is 10.2. The molecule has 2 nitrogen and oxygen atoms in total. The summed E-state index contributed by atoms with van der Waals surface area (Å²) in [5.41, 5.74) is 2.21. The number of hydrogen-bond acceptors (Lipinski definition) is 2. The van der Waals surface area contributed by atoms with Crippen LogP contribution in [0, 0.1) is 0 Å². The van der Waals surface area contributed by atoms with E-state index in [0.717, 1.165) is 18.0 Å². The Bertz CT molecular complexity index is 493. The van der Waals surface area contributed by atoms with Crippen molar-refractivity contribution >= 4 is 5.69 Å². The lowest BCUT2D eigenvalue weighted by Gasteiger charge is -2.08. The number of rotatable bonds is 6. The van der Waals surface area contributed by atoms with Crippen LogP contribution < -0.4 is 10.1 Å². The molecular weight excluding hydrogens is 222 g/mol. The van der Waals surface area contributed by atoms with E-state index in [9.17, 15) is 0 Å². The summed E-state index contributed by atoms with van der Waals surface area (Å²) in [5.74, 6) is 0.868. The molecule has 0 atom stereocenters. The lowest BCUT2D eigenvalue weighted by molar-refractivity contribution is 0.306. The van der Waals surface area contributed by atoms with Gasteiger partial charge in [-0.25, -0.2) is 0 Å². The molecule has 92 valence electrons. The van der Waals surface area contributed by atoms with Crippen LogP contribution in [0.2, 0.25) is 0 Å². The standard InChI is InChI=1S/C16H17NO/c1-2-11-17-15-9-6-10-16(12-15)18-13-14-7-4-3-5-8-14/h2-10,12,17H,1,11,13H2. The van der Waals surface area contributed by atoms with E-state index < -0.39 is 0 Å². The van der Waals surface area contributed by atoms with Gasteiger partial charge in [0.1, 0.15) is 12.4 Å². The van der Waals surface area contributed by atoms with Crippen molar-refractivity contribution in [3.05, 3.63) is 72.8 Å². The molecule has 2 aromatic rings. The minimum atomic E-state index is 0.589. The van der Waals surface area contributed by atoms with E-state index in [-0.39, 0.29) is 0 Å². The van der Waals surface area contributed by atoms with Crippen molar-refractivity contribution in [2.45, 2.75) is 6.61 Å². The first-order valence-corrected chi connectivity index (χ1v) is 6.00. The van der Waals surface area contributed by atoms with Crippen LogP contribution in [0.5, 0.6) is 5.75 Å². The molecule has 0 fully saturated rings. The van der Waals surface area contributed by atoms with Crippen LogP contribution in [0.25, 0.3) is 0 Å². The zero-order valence-corrected chi connectivity index (χ0v) is 10.3. The zero-order chi connectivity index (χ0) is 12.6. The molecule has 18 heavy (non-hydrogen) atoms. The van der Waals surface area contributed by atoms with Crippen molar-refractivity contribution < 1.29 is 4.74 Å². The van der Waals surface area contributed by atoms with E-state index in [2.05, 4.69) is 24.0 Å². The molecule has 0 aliphatic heterocycles. The van der Waals surface area contributed by atoms with Gasteiger partial charge < -0.3 is 10.1 Å². The van der Waals surface area contributed by atoms with Gasteiger partial charge >= 0.3 is 0 Å². The maximum absolute atomic E-state index is 5.75. The van der Waals surface area contributed by atoms with Crippen molar-refractivity contribution in [3.8, 4) is 5.75 Å². The quantitative estimate of drug-likeness (QED) is 0.773. The SMILES string of the molecule is C=CCNc1cccc(OCc2ccccc2)c1. The fourth-order valence-corrected chi connectivity index (χ4v) is 1.63. The Kier molecular flexibility index (Phi) is 4.42. The van der Waals surface area contributed by atoms with E-state index in [1.807, 2.05) is 48.5 Å². The molecule has 0 spiro atoms. The highest BCUT2D eigenvalue weighted by molar-refractivity contribution is 5.48. The maximum Gasteiger partial charge on any atom is 0.121 e. The van der Waals surface area contributed by atoms with Gasteiger partial charge in [0.2, 0.25) is 0 Å². The molecule has 0 heterocycles. The Morgan fingerprint density at radius 1 is 1.06 bits per heavy atom. The molecule has 0 aliphatic rings. The highest BCUT2D eigenvalue weighted by Gasteiger charge is 1.97. The van der Waals surface area contributed by atoms with Crippen LogP contribution in [-0.4, -0.2) is 6.54 Å². The van der Waals surface area contributed by atoms with Crippen molar-refractivity contribution in [2.75, 3.05) is 11.9 Å². The van der Waals surface area contributed by atoms with Crippen LogP contribution >= 0.6 is 0 Å². The number of nitrogens with one attached hydrogen (secondary N) is 1. The van der Waals surface area contributed by atoms with Crippen LogP contribution in [0.3, 0.4) is 0 Å². The minimum absolute atomic E-state index is 0.589. The Morgan fingerprint density at radius 2 is 1.89 bits per heavy atom. The maximum atomic E-state index is 5.75. The molecule has 0 radical (unpaired) electrons. The molecule has 0 saturated carbocycles. The van der Waals surface area contributed by atoms with E-state index >= 15 is 0 Å². The van der Waals surface area contributed by atoms with E-state index in [1.165, 1.54) is 5.56 Å². The second-order valence-electron chi connectivity index (χ2n) is 3.97. The third-order valence-electron chi connectivity index (χ3n) is 2.53. The number of anilines is 1. The lowest BCUT2D eigenvalue weighted by Crippen LogP contribution is -1.99. The fourth-order valence-electron chi connectivity index (χ4n) is 1.63. The first-order valence-electron chi connectivity index (χ1n) is 6.00. The summed E-state index contributed by atoms with van der Waals surface area (Å²) in [4.78, 5) is 0. The van der Waals surface area contributed by atoms with Crippen LogP contribution in [-0.2, 0) is 6.61 Å². The average Bonchev–Trinajstić information content (AvgIpc) is 2.44. The summed E-state index contributed by atoms with van der Waals surface area (Å²) in [6.07, 6.45) is 1.83. The molecule has 0 unspecified atom stereocenters. The first-order chi connectivity index (χ1) is 8.88. The summed E-state index contributed by atoms with van der Waals surface area (Å²) < 4.78 is 5.75. The van der Waals surface area contributed by atoms with Gasteiger partial charge in [0.05, 0.1) is 0 Å². The predicted octanol–water partition coefficient (Wildman–Crippen LogP) is 3.86. The third-order valence-corrected chi connectivity index (χ3v) is 2.53. The molecule has 0 aromatic heterocycles. The summed E-state index contributed by atoms with van der Waals surface area (Å²) in [7, 11) is 0. The van der Waals surface area contributed by atoms with E-state index in [1.54, 1.807) is 0 Å². The normalized spacial score (nSPS) is 9.78. The second kappa shape index (κ2) is 6.50. The molecule has 2 aromatic carbocycles. The van der Waals surface area contributed by atoms with Crippen molar-refractivity contribution in [2.24, 2.45) is 0 Å². The molecule has 0 saturated heterocycles. The monoisotopic (exact) mass is 239 g/mol. The number of ether oxygens (including phenoxy) is 1. The summed E-state index contributed by atoms with van der Waals surface area (Å²) in [5, 5.41) is 3.23. The van der Waals surface area contributed by atoms with Crippen molar-refractivity contribution in [1.82, 2.24) is 0 Å². The Morgan fingerprint density at radius 3 is 2.67 bits per heavy atom. The Balaban J connectivity index is 1.95. The highest BCUT2D eigenvalue weighted by Crippen LogP contribution is 2.18. The van der Waals surface area contributed by atoms with Crippen molar-refractivity contribution in [3.63, 3.8) is 0 Å². The molecule has 2 rings (SSSR count). The number of hydrogen-bond donors (Lipinski definition) is 1. The predicted molar refractivity (Wildman–Crippen MR) is 75.9 cm³/mol. The summed E-state index contributed by atoms with van der Waals surface area (Å²) in [6.45, 7) is 5.02. The Hall–Kier alpha value is -2.22. The molecule has 2 heteroatoms. The van der Waals surface area contributed by atoms with Gasteiger partial charge in [0.15, 0.2) is 0 Å². The Labute approximate surface area is 108 Å². The molecule has 0 aliphatic carbocycles. The molecule has 0 amide bonds. The van der Waals surface area contributed by atoms with E-state index in [4.69, 9.17) is 4.74 Å². The zero-order valence-electron chi connectivity index (χ0n) is 10.3. The summed E-state index contributed by atoms with van der Waals surface area (Å²) >= 11 is 0. The van der Waals surface area contributed by atoms with Gasteiger partial charge in [0, 0.05) is 18.3 Å². The van der Waals surface area contributed by atoms with Gasteiger partial charge in [-0.3, -0.25) is 0 Å². The minimum Gasteiger partial charge on any atom is -0.489 e. The van der Waals surface area contributed by atoms with Gasteiger partial charge in [-0.05, 0) is 17.7 Å². The van der Waals surface area contributed by atoms with E-state index in [0.29, 0.717) is 6.61 Å². The smallest absolute Gasteiger partial charge is 0.121 e. The van der Waals surface area contributed by atoms with Gasteiger partial charge in [-0.2, -0.15) is 0 Å². The van der Waals surface area contributed by atoms with Crippen LogP contribution in [0.15, 0.2) is 67.3 Å². The van der Waals surface area contributed by atoms with Crippen LogP contribution in [0.1, 0.15) is 5.56 Å². The van der Waals surface area contributed by atoms with Crippen LogP contribution in [0.4, 0.5) is 5.69 Å². The topological polar surface area (TPSA) is 21.3 Å². The van der Waals surface area contributed by atoms with Gasteiger partial charge in [-0.15, -0.1) is 6.58 Å². The van der Waals surface area contributed by atoms with Crippen molar-refractivity contribution in [1.29, 1.82) is 0 Å². The molecule has 1 N–H and O–H groups in total. The molecular formula is C16H17NO. The molecule has 0 bridgehead atoms. The first kappa shape index (κ1) is 12.2. The summed E-state index contributed by atoms with van der Waals surface area (Å²) in [6, 6.07) is 18.1.